The van der Waals surface area contributed by atoms with Crippen molar-refractivity contribution in [3.63, 3.8) is 0 Å². The normalized spacial score (nSPS) is 37.2. The Morgan fingerprint density at radius 2 is 1.78 bits per heavy atom. The maximum atomic E-state index is 10.5. The fourth-order valence-corrected chi connectivity index (χ4v) is 5.74. The minimum atomic E-state index is -0.370. The molecule has 4 atom stereocenters. The smallest absolute Gasteiger partial charge is 0.0900 e. The number of fused-ring (bicyclic) bond motifs is 2. The molecule has 1 N–H and O–H groups in total. The van der Waals surface area contributed by atoms with E-state index in [9.17, 15) is 5.11 Å². The second-order valence-electron chi connectivity index (χ2n) is 9.72. The van der Waals surface area contributed by atoms with E-state index in [1.807, 2.05) is 0 Å². The lowest BCUT2D eigenvalue weighted by atomic mass is 9.79. The van der Waals surface area contributed by atoms with E-state index >= 15 is 0 Å². The summed E-state index contributed by atoms with van der Waals surface area (Å²) in [5, 5.41) is 10.5. The molecule has 2 bridgehead atoms. The van der Waals surface area contributed by atoms with Gasteiger partial charge in [0.1, 0.15) is 0 Å². The highest BCUT2D eigenvalue weighted by Crippen LogP contribution is 2.48. The molecule has 0 unspecified atom stereocenters. The number of piperidine rings is 1. The summed E-state index contributed by atoms with van der Waals surface area (Å²) in [5.74, 6) is 2.66. The van der Waals surface area contributed by atoms with Crippen molar-refractivity contribution >= 4 is 0 Å². The molecule has 0 amide bonds. The Kier molecular flexibility index (Phi) is 5.11. The fraction of sp³-hybridized carbons (Fsp3) is 1.00. The molecule has 1 aliphatic heterocycles. The SMILES string of the molecule is CC1(C)CCCC(C)(C)N1C[C@H](O)COC[C@H]1C[C@@H]2CC[C@@H]1C2. The minimum absolute atomic E-state index is 0.174. The number of hydrogen-bond donors (Lipinski definition) is 1. The Morgan fingerprint density at radius 1 is 1.09 bits per heavy atom. The Bertz CT molecular complexity index is 390. The lowest BCUT2D eigenvalue weighted by Gasteiger charge is -2.53. The molecular weight excluding hydrogens is 286 g/mol. The van der Waals surface area contributed by atoms with Gasteiger partial charge in [-0.25, -0.2) is 0 Å². The molecule has 3 fully saturated rings. The molecule has 134 valence electrons. The van der Waals surface area contributed by atoms with Crippen molar-refractivity contribution in [1.82, 2.24) is 4.90 Å². The van der Waals surface area contributed by atoms with E-state index in [0.717, 1.165) is 30.9 Å². The molecule has 2 aliphatic carbocycles. The molecule has 1 heterocycles. The third kappa shape index (κ3) is 3.93. The molecule has 0 aromatic carbocycles. The first-order chi connectivity index (χ1) is 10.8. The molecule has 3 heteroatoms. The summed E-state index contributed by atoms with van der Waals surface area (Å²) in [6.07, 6.45) is 9.02. The standard InChI is InChI=1S/C20H37NO2/c1-19(2)8-5-9-20(3,4)21(19)12-18(22)14-23-13-17-11-15-6-7-16(17)10-15/h15-18,22H,5-14H2,1-4H3/t15-,16-,17-,18+/m1/s1. The zero-order valence-electron chi connectivity index (χ0n) is 15.7. The van der Waals surface area contributed by atoms with E-state index in [4.69, 9.17) is 4.74 Å². The van der Waals surface area contributed by atoms with E-state index in [0.29, 0.717) is 6.61 Å². The lowest BCUT2D eigenvalue weighted by molar-refractivity contribution is -0.0731. The topological polar surface area (TPSA) is 32.7 Å². The first kappa shape index (κ1) is 17.7. The predicted molar refractivity (Wildman–Crippen MR) is 94.5 cm³/mol. The summed E-state index contributed by atoms with van der Waals surface area (Å²) in [7, 11) is 0. The summed E-state index contributed by atoms with van der Waals surface area (Å²) in [4.78, 5) is 2.51. The van der Waals surface area contributed by atoms with Gasteiger partial charge in [-0.05, 0) is 84.0 Å². The number of ether oxygens (including phenoxy) is 1. The van der Waals surface area contributed by atoms with Crippen LogP contribution in [0.3, 0.4) is 0 Å². The molecule has 3 aliphatic rings. The lowest BCUT2D eigenvalue weighted by Crippen LogP contribution is -2.60. The predicted octanol–water partition coefficient (Wildman–Crippen LogP) is 3.84. The quantitative estimate of drug-likeness (QED) is 0.806. The largest absolute Gasteiger partial charge is 0.389 e. The summed E-state index contributed by atoms with van der Waals surface area (Å²) in [5.41, 5.74) is 0.348. The van der Waals surface area contributed by atoms with Gasteiger partial charge in [-0.2, -0.15) is 0 Å². The number of nitrogens with zero attached hydrogens (tertiary/aromatic N) is 1. The summed E-state index contributed by atoms with van der Waals surface area (Å²) in [6.45, 7) is 11.4. The zero-order valence-corrected chi connectivity index (χ0v) is 15.7. The Hall–Kier alpha value is -0.120. The summed E-state index contributed by atoms with van der Waals surface area (Å²) in [6, 6.07) is 0. The van der Waals surface area contributed by atoms with Crippen LogP contribution in [0.1, 0.15) is 72.6 Å². The Labute approximate surface area is 142 Å². The highest BCUT2D eigenvalue weighted by Gasteiger charge is 2.42. The molecule has 3 nitrogen and oxygen atoms in total. The average molecular weight is 324 g/mol. The van der Waals surface area contributed by atoms with Gasteiger partial charge in [0, 0.05) is 24.2 Å². The van der Waals surface area contributed by atoms with Crippen molar-refractivity contribution in [2.45, 2.75) is 89.8 Å². The van der Waals surface area contributed by atoms with E-state index in [-0.39, 0.29) is 17.2 Å². The maximum absolute atomic E-state index is 10.5. The molecule has 1 saturated heterocycles. The highest BCUT2D eigenvalue weighted by molar-refractivity contribution is 4.97. The molecule has 3 rings (SSSR count). The van der Waals surface area contributed by atoms with Gasteiger partial charge < -0.3 is 9.84 Å². The molecule has 0 radical (unpaired) electrons. The van der Waals surface area contributed by atoms with Crippen molar-refractivity contribution in [2.75, 3.05) is 19.8 Å². The van der Waals surface area contributed by atoms with Gasteiger partial charge >= 0.3 is 0 Å². The number of aliphatic hydroxyl groups is 1. The van der Waals surface area contributed by atoms with E-state index in [1.54, 1.807) is 0 Å². The fourth-order valence-electron chi connectivity index (χ4n) is 5.74. The molecule has 0 aromatic heterocycles. The van der Waals surface area contributed by atoms with Crippen molar-refractivity contribution in [1.29, 1.82) is 0 Å². The molecule has 0 aromatic rings. The number of aliphatic hydroxyl groups excluding tert-OH is 1. The third-order valence-corrected chi connectivity index (χ3v) is 6.96. The maximum Gasteiger partial charge on any atom is 0.0900 e. The van der Waals surface area contributed by atoms with Crippen LogP contribution < -0.4 is 0 Å². The van der Waals surface area contributed by atoms with Crippen LogP contribution >= 0.6 is 0 Å². The van der Waals surface area contributed by atoms with Crippen molar-refractivity contribution < 1.29 is 9.84 Å². The first-order valence-electron chi connectivity index (χ1n) is 9.81. The molecule has 0 spiro atoms. The average Bonchev–Trinajstić information content (AvgIpc) is 3.05. The second kappa shape index (κ2) is 6.65. The van der Waals surface area contributed by atoms with Crippen molar-refractivity contribution in [2.24, 2.45) is 17.8 Å². The monoisotopic (exact) mass is 323 g/mol. The number of rotatable bonds is 6. The van der Waals surface area contributed by atoms with E-state index in [2.05, 4.69) is 32.6 Å². The third-order valence-electron chi connectivity index (χ3n) is 6.96. The Balaban J connectivity index is 1.44. The van der Waals surface area contributed by atoms with Crippen LogP contribution in [-0.4, -0.2) is 46.9 Å². The van der Waals surface area contributed by atoms with Gasteiger partial charge in [-0.3, -0.25) is 4.90 Å². The molecule has 23 heavy (non-hydrogen) atoms. The molecular formula is C20H37NO2. The minimum Gasteiger partial charge on any atom is -0.389 e. The zero-order chi connectivity index (χ0) is 16.7. The van der Waals surface area contributed by atoms with Crippen LogP contribution in [0, 0.1) is 17.8 Å². The van der Waals surface area contributed by atoms with Gasteiger partial charge in [0.2, 0.25) is 0 Å². The first-order valence-corrected chi connectivity index (χ1v) is 9.81. The van der Waals surface area contributed by atoms with Gasteiger partial charge in [0.25, 0.3) is 0 Å². The summed E-state index contributed by atoms with van der Waals surface area (Å²) < 4.78 is 5.93. The molecule has 2 saturated carbocycles. The van der Waals surface area contributed by atoms with Gasteiger partial charge in [0.15, 0.2) is 0 Å². The Morgan fingerprint density at radius 3 is 2.35 bits per heavy atom. The number of likely N-dealkylation sites (tertiary alicyclic amines) is 1. The highest BCUT2D eigenvalue weighted by atomic mass is 16.5. The van der Waals surface area contributed by atoms with Crippen LogP contribution in [0.4, 0.5) is 0 Å². The van der Waals surface area contributed by atoms with Crippen LogP contribution in [-0.2, 0) is 4.74 Å². The van der Waals surface area contributed by atoms with Crippen molar-refractivity contribution in [3.8, 4) is 0 Å². The van der Waals surface area contributed by atoms with Crippen LogP contribution in [0.15, 0.2) is 0 Å². The van der Waals surface area contributed by atoms with Crippen LogP contribution in [0.2, 0.25) is 0 Å². The van der Waals surface area contributed by atoms with Gasteiger partial charge in [-0.15, -0.1) is 0 Å². The van der Waals surface area contributed by atoms with Gasteiger partial charge in [0.05, 0.1) is 12.7 Å². The van der Waals surface area contributed by atoms with Crippen molar-refractivity contribution in [3.05, 3.63) is 0 Å². The van der Waals surface area contributed by atoms with Crippen LogP contribution in [0.25, 0.3) is 0 Å². The van der Waals surface area contributed by atoms with Gasteiger partial charge in [-0.1, -0.05) is 6.42 Å². The summed E-state index contributed by atoms with van der Waals surface area (Å²) >= 11 is 0. The number of β-amino-alcohol motifs (C(OH)–C–C–N with tert-alkyl or cyclic N) is 1. The van der Waals surface area contributed by atoms with E-state index < -0.39 is 0 Å². The van der Waals surface area contributed by atoms with E-state index in [1.165, 1.54) is 44.9 Å². The number of hydrogen-bond acceptors (Lipinski definition) is 3. The van der Waals surface area contributed by atoms with Crippen LogP contribution in [0.5, 0.6) is 0 Å². The second-order valence-corrected chi connectivity index (χ2v) is 9.72.